The molecule has 0 spiro atoms. The Labute approximate surface area is 226 Å². The van der Waals surface area contributed by atoms with Crippen molar-refractivity contribution in [1.82, 2.24) is 0 Å². The van der Waals surface area contributed by atoms with E-state index in [1.165, 1.54) is 0 Å². The van der Waals surface area contributed by atoms with E-state index in [2.05, 4.69) is 55.4 Å². The molecule has 4 nitrogen and oxygen atoms in total. The molecule has 0 aromatic carbocycles. The van der Waals surface area contributed by atoms with Crippen molar-refractivity contribution >= 4 is 59.5 Å². The van der Waals surface area contributed by atoms with Crippen LogP contribution in [0.15, 0.2) is 0 Å². The molecule has 0 aromatic rings. The summed E-state index contributed by atoms with van der Waals surface area (Å²) < 4.78 is 22.2. The van der Waals surface area contributed by atoms with E-state index >= 15 is 0 Å². The Balaban J connectivity index is -0.000000490. The molecule has 0 radical (unpaired) electrons. The third-order valence-corrected chi connectivity index (χ3v) is 7.82. The van der Waals surface area contributed by atoms with Crippen LogP contribution < -0.4 is 0 Å². The molecule has 0 heterocycles. The standard InChI is InChI=1S/2C10H23O2PS2.Zn/c2*1-8(2)6-10(5)12-13(14,15)11-7-9(3)4;/h2*8-10H,6-7H2,1-5H3,(H,14,15);/q;;+2/p-2. The predicted octanol–water partition coefficient (Wildman–Crippen LogP) is 7.76. The normalized spacial score (nSPS) is 17.5. The molecule has 0 saturated heterocycles. The third kappa shape index (κ3) is 28.6. The first kappa shape index (κ1) is 38.0. The first-order valence-corrected chi connectivity index (χ1v) is 18.0. The van der Waals surface area contributed by atoms with Gasteiger partial charge in [-0.05, 0) is 50.4 Å². The molecule has 0 amide bonds. The molecule has 184 valence electrons. The molecule has 0 bridgehead atoms. The molecule has 0 aliphatic rings. The van der Waals surface area contributed by atoms with Crippen molar-refractivity contribution < 1.29 is 37.6 Å². The molecule has 0 aliphatic heterocycles. The minimum Gasteiger partial charge on any atom is -0.691 e. The largest absolute Gasteiger partial charge is 2.00 e. The Morgan fingerprint density at radius 1 is 0.581 bits per heavy atom. The van der Waals surface area contributed by atoms with Crippen molar-refractivity contribution in [2.45, 2.75) is 94.3 Å². The van der Waals surface area contributed by atoms with Crippen LogP contribution in [0.4, 0.5) is 0 Å². The Hall–Kier alpha value is 2.46. The van der Waals surface area contributed by atoms with Gasteiger partial charge in [0.25, 0.3) is 0 Å². The predicted molar refractivity (Wildman–Crippen MR) is 145 cm³/mol. The van der Waals surface area contributed by atoms with Gasteiger partial charge in [-0.1, -0.05) is 79.0 Å². The number of rotatable bonds is 14. The zero-order chi connectivity index (χ0) is 24.1. The molecular formula is C20H44O4P2S4Zn. The van der Waals surface area contributed by atoms with E-state index in [1.54, 1.807) is 0 Å². The second-order valence-corrected chi connectivity index (χ2v) is 19.2. The van der Waals surface area contributed by atoms with Gasteiger partial charge in [-0.3, -0.25) is 0 Å². The summed E-state index contributed by atoms with van der Waals surface area (Å²) in [5.41, 5.74) is -4.88. The van der Waals surface area contributed by atoms with Gasteiger partial charge in [-0.2, -0.15) is 0 Å². The van der Waals surface area contributed by atoms with Crippen molar-refractivity contribution in [3.8, 4) is 0 Å². The monoisotopic (exact) mass is 602 g/mol. The maximum Gasteiger partial charge on any atom is 2.00 e. The van der Waals surface area contributed by atoms with Crippen molar-refractivity contribution in [3.05, 3.63) is 0 Å². The third-order valence-electron chi connectivity index (χ3n) is 3.36. The molecule has 0 saturated carbocycles. The van der Waals surface area contributed by atoms with Crippen molar-refractivity contribution in [2.24, 2.45) is 23.7 Å². The second-order valence-electron chi connectivity index (χ2n) is 9.36. The maximum absolute atomic E-state index is 5.62. The molecule has 4 atom stereocenters. The fourth-order valence-electron chi connectivity index (χ4n) is 2.40. The molecule has 0 fully saturated rings. The van der Waals surface area contributed by atoms with Gasteiger partial charge >= 0.3 is 19.5 Å². The van der Waals surface area contributed by atoms with Gasteiger partial charge in [-0.25, -0.2) is 0 Å². The van der Waals surface area contributed by atoms with Crippen LogP contribution in [-0.4, -0.2) is 25.4 Å². The topological polar surface area (TPSA) is 36.9 Å². The zero-order valence-corrected chi connectivity index (χ0v) is 29.2. The van der Waals surface area contributed by atoms with Gasteiger partial charge in [0.15, 0.2) is 0 Å². The van der Waals surface area contributed by atoms with Gasteiger partial charge in [-0.15, -0.1) is 0 Å². The van der Waals surface area contributed by atoms with Gasteiger partial charge in [0.1, 0.15) is 0 Å². The Morgan fingerprint density at radius 2 is 0.839 bits per heavy atom. The average molecular weight is 604 g/mol. The van der Waals surface area contributed by atoms with Gasteiger partial charge in [0.05, 0.1) is 36.8 Å². The van der Waals surface area contributed by atoms with E-state index in [4.69, 9.17) is 66.2 Å². The Kier molecular flexibility index (Phi) is 24.1. The summed E-state index contributed by atoms with van der Waals surface area (Å²) in [7, 11) is 0. The minimum absolute atomic E-state index is 0. The van der Waals surface area contributed by atoms with Gasteiger partial charge in [0, 0.05) is 0 Å². The summed E-state index contributed by atoms with van der Waals surface area (Å²) in [6, 6.07) is 0. The summed E-state index contributed by atoms with van der Waals surface area (Å²) >= 11 is 20.7. The van der Waals surface area contributed by atoms with Gasteiger partial charge in [0.2, 0.25) is 0 Å². The van der Waals surface area contributed by atoms with Gasteiger partial charge < -0.3 is 42.6 Å². The smallest absolute Gasteiger partial charge is 0.691 e. The van der Waals surface area contributed by atoms with Crippen LogP contribution in [0, 0.1) is 23.7 Å². The number of hydrogen-bond acceptors (Lipinski definition) is 8. The summed E-state index contributed by atoms with van der Waals surface area (Å²) in [5.74, 6) is 2.07. The van der Waals surface area contributed by atoms with Crippen LogP contribution in [0.25, 0.3) is 0 Å². The summed E-state index contributed by atoms with van der Waals surface area (Å²) in [4.78, 5) is 0. The molecule has 4 unspecified atom stereocenters. The molecule has 0 aliphatic carbocycles. The van der Waals surface area contributed by atoms with Crippen molar-refractivity contribution in [3.63, 3.8) is 0 Å². The van der Waals surface area contributed by atoms with E-state index in [1.807, 2.05) is 13.8 Å². The quantitative estimate of drug-likeness (QED) is 0.113. The molecule has 0 aromatic heterocycles. The van der Waals surface area contributed by atoms with Crippen molar-refractivity contribution in [2.75, 3.05) is 13.2 Å². The van der Waals surface area contributed by atoms with Crippen LogP contribution in [0.5, 0.6) is 0 Å². The van der Waals surface area contributed by atoms with Crippen LogP contribution in [0.1, 0.15) is 82.1 Å². The van der Waals surface area contributed by atoms with Crippen LogP contribution in [0.3, 0.4) is 0 Å². The minimum atomic E-state index is -2.44. The van der Waals surface area contributed by atoms with Crippen LogP contribution in [0.2, 0.25) is 0 Å². The molecule has 0 rings (SSSR count). The fourth-order valence-corrected chi connectivity index (χ4v) is 7.03. The Bertz CT molecular complexity index is 491. The van der Waals surface area contributed by atoms with Crippen molar-refractivity contribution in [1.29, 1.82) is 0 Å². The molecule has 0 N–H and O–H groups in total. The van der Waals surface area contributed by atoms with E-state index in [9.17, 15) is 0 Å². The SMILES string of the molecule is CC(C)COP(=S)([S-])OC(C)CC(C)C.CC(C)COP(=S)([S-])OC(C)CC(C)C.[Zn+2]. The van der Waals surface area contributed by atoms with E-state index in [-0.39, 0.29) is 31.7 Å². The molecule has 11 heteroatoms. The summed E-state index contributed by atoms with van der Waals surface area (Å²) in [6.45, 7) is 22.1. The number of hydrogen-bond donors (Lipinski definition) is 0. The first-order valence-electron chi connectivity index (χ1n) is 10.7. The van der Waals surface area contributed by atoms with E-state index in [0.717, 1.165) is 12.8 Å². The zero-order valence-electron chi connectivity index (χ0n) is 21.2. The average Bonchev–Trinajstić information content (AvgIpc) is 2.49. The summed E-state index contributed by atoms with van der Waals surface area (Å²) in [5, 5.41) is 0. The maximum atomic E-state index is 5.62. The van der Waals surface area contributed by atoms with Crippen LogP contribution in [-0.2, 0) is 85.7 Å². The first-order chi connectivity index (χ1) is 13.5. The Morgan fingerprint density at radius 3 is 1.03 bits per heavy atom. The molecule has 31 heavy (non-hydrogen) atoms. The molecular weight excluding hydrogens is 560 g/mol. The van der Waals surface area contributed by atoms with Crippen LogP contribution >= 0.6 is 11.4 Å². The van der Waals surface area contributed by atoms with E-state index in [0.29, 0.717) is 36.9 Å². The second kappa shape index (κ2) is 19.6. The fraction of sp³-hybridized carbons (Fsp3) is 1.00. The summed E-state index contributed by atoms with van der Waals surface area (Å²) in [6.07, 6.45) is 2.14. The van der Waals surface area contributed by atoms with E-state index < -0.39 is 11.4 Å².